The smallest absolute Gasteiger partial charge is 0.230 e. The van der Waals surface area contributed by atoms with Gasteiger partial charge in [-0.05, 0) is 35.7 Å². The molecule has 0 aliphatic carbocycles. The van der Waals surface area contributed by atoms with E-state index in [0.29, 0.717) is 16.3 Å². The van der Waals surface area contributed by atoms with Crippen LogP contribution in [0.25, 0.3) is 0 Å². The molecular weight excluding hydrogens is 393 g/mol. The predicted molar refractivity (Wildman–Crippen MR) is 115 cm³/mol. The van der Waals surface area contributed by atoms with Gasteiger partial charge in [0.25, 0.3) is 0 Å². The van der Waals surface area contributed by atoms with Crippen molar-refractivity contribution in [1.29, 1.82) is 0 Å². The number of carbonyl (C=O) groups excluding carboxylic acids is 1. The van der Waals surface area contributed by atoms with E-state index in [0.717, 1.165) is 11.1 Å². The van der Waals surface area contributed by atoms with Crippen LogP contribution < -0.4 is 5.32 Å². The van der Waals surface area contributed by atoms with Crippen molar-refractivity contribution < 1.29 is 9.18 Å². The largest absolute Gasteiger partial charge is 0.344 e. The third-order valence-electron chi connectivity index (χ3n) is 4.35. The summed E-state index contributed by atoms with van der Waals surface area (Å²) in [6.45, 7) is 2.03. The Morgan fingerprint density at radius 2 is 1.71 bits per heavy atom. The Bertz CT molecular complexity index is 931. The van der Waals surface area contributed by atoms with Crippen molar-refractivity contribution in [3.8, 4) is 0 Å². The zero-order valence-electron chi connectivity index (χ0n) is 15.5. The molecule has 0 spiro atoms. The zero-order valence-corrected chi connectivity index (χ0v) is 17.1. The second-order valence-electron chi connectivity index (χ2n) is 6.55. The molecule has 28 heavy (non-hydrogen) atoms. The number of carbonyl (C=O) groups is 1. The SMILES string of the molecule is Cc1ccc([C@@H](NC(=O)CSCc2ccc(Cl)cc2F)c2ccccc2)cc1. The second kappa shape index (κ2) is 9.76. The number of thioether (sulfide) groups is 1. The number of benzene rings is 3. The van der Waals surface area contributed by atoms with E-state index in [-0.39, 0.29) is 23.5 Å². The molecule has 0 saturated heterocycles. The highest BCUT2D eigenvalue weighted by Gasteiger charge is 2.17. The van der Waals surface area contributed by atoms with Gasteiger partial charge in [0.1, 0.15) is 5.82 Å². The summed E-state index contributed by atoms with van der Waals surface area (Å²) in [6.07, 6.45) is 0. The van der Waals surface area contributed by atoms with Gasteiger partial charge in [0.05, 0.1) is 11.8 Å². The summed E-state index contributed by atoms with van der Waals surface area (Å²) in [4.78, 5) is 12.5. The summed E-state index contributed by atoms with van der Waals surface area (Å²) in [5.41, 5.74) is 3.76. The maximum Gasteiger partial charge on any atom is 0.230 e. The summed E-state index contributed by atoms with van der Waals surface area (Å²) in [5.74, 6) is 0.227. The van der Waals surface area contributed by atoms with Crippen LogP contribution in [0.4, 0.5) is 4.39 Å². The fourth-order valence-corrected chi connectivity index (χ4v) is 3.84. The molecule has 1 amide bonds. The Labute approximate surface area is 174 Å². The standard InChI is InChI=1S/C23H21ClFNOS/c1-16-7-9-18(10-8-16)23(17-5-3-2-4-6-17)26-22(27)15-28-14-19-11-12-20(24)13-21(19)25/h2-13,23H,14-15H2,1H3,(H,26,27)/t23-/m0/s1. The van der Waals surface area contributed by atoms with E-state index in [1.165, 1.54) is 23.4 Å². The number of hydrogen-bond donors (Lipinski definition) is 1. The highest BCUT2D eigenvalue weighted by atomic mass is 35.5. The van der Waals surface area contributed by atoms with Gasteiger partial charge in [0.2, 0.25) is 5.91 Å². The summed E-state index contributed by atoms with van der Waals surface area (Å²) < 4.78 is 13.9. The summed E-state index contributed by atoms with van der Waals surface area (Å²) >= 11 is 7.15. The molecule has 2 nitrogen and oxygen atoms in total. The first-order chi connectivity index (χ1) is 13.5. The van der Waals surface area contributed by atoms with Crippen LogP contribution in [0.15, 0.2) is 72.8 Å². The molecule has 0 aliphatic rings. The fourth-order valence-electron chi connectivity index (χ4n) is 2.86. The number of amides is 1. The first-order valence-corrected chi connectivity index (χ1v) is 10.5. The summed E-state index contributed by atoms with van der Waals surface area (Å²) in [5, 5.41) is 3.47. The molecule has 0 bridgehead atoms. The Kier molecular flexibility index (Phi) is 7.12. The molecule has 3 aromatic carbocycles. The molecule has 5 heteroatoms. The third-order valence-corrected chi connectivity index (χ3v) is 5.57. The Morgan fingerprint density at radius 3 is 2.39 bits per heavy atom. The minimum Gasteiger partial charge on any atom is -0.344 e. The Morgan fingerprint density at radius 1 is 1.04 bits per heavy atom. The molecule has 1 N–H and O–H groups in total. The number of rotatable bonds is 7. The number of nitrogens with one attached hydrogen (secondary N) is 1. The zero-order chi connectivity index (χ0) is 19.9. The van der Waals surface area contributed by atoms with E-state index in [9.17, 15) is 9.18 Å². The first-order valence-electron chi connectivity index (χ1n) is 8.95. The first kappa shape index (κ1) is 20.4. The van der Waals surface area contributed by atoms with Crippen LogP contribution in [0, 0.1) is 12.7 Å². The minimum atomic E-state index is -0.345. The number of halogens is 2. The quantitative estimate of drug-likeness (QED) is 0.520. The second-order valence-corrected chi connectivity index (χ2v) is 7.97. The van der Waals surface area contributed by atoms with Gasteiger partial charge in [-0.2, -0.15) is 0 Å². The van der Waals surface area contributed by atoms with Crippen molar-refractivity contribution in [3.63, 3.8) is 0 Å². The summed E-state index contributed by atoms with van der Waals surface area (Å²) in [7, 11) is 0. The van der Waals surface area contributed by atoms with Crippen molar-refractivity contribution >= 4 is 29.3 Å². The lowest BCUT2D eigenvalue weighted by molar-refractivity contribution is -0.119. The minimum absolute atomic E-state index is 0.0891. The van der Waals surface area contributed by atoms with Crippen LogP contribution in [0.2, 0.25) is 5.02 Å². The van der Waals surface area contributed by atoms with E-state index in [4.69, 9.17) is 11.6 Å². The molecule has 1 atom stereocenters. The van der Waals surface area contributed by atoms with E-state index < -0.39 is 0 Å². The van der Waals surface area contributed by atoms with Crippen LogP contribution in [0.1, 0.15) is 28.3 Å². The van der Waals surface area contributed by atoms with Crippen molar-refractivity contribution in [2.24, 2.45) is 0 Å². The monoisotopic (exact) mass is 413 g/mol. The maximum atomic E-state index is 13.9. The average molecular weight is 414 g/mol. The van der Waals surface area contributed by atoms with Gasteiger partial charge in [-0.3, -0.25) is 4.79 Å². The third kappa shape index (κ3) is 5.60. The molecule has 0 saturated carbocycles. The summed E-state index contributed by atoms with van der Waals surface area (Å²) in [6, 6.07) is 22.4. The van der Waals surface area contributed by atoms with Gasteiger partial charge in [-0.15, -0.1) is 11.8 Å². The molecule has 0 radical (unpaired) electrons. The molecule has 0 unspecified atom stereocenters. The van der Waals surface area contributed by atoms with Gasteiger partial charge in [0.15, 0.2) is 0 Å². The molecule has 0 aliphatic heterocycles. The van der Waals surface area contributed by atoms with E-state index in [2.05, 4.69) is 5.32 Å². The fraction of sp³-hybridized carbons (Fsp3) is 0.174. The Balaban J connectivity index is 1.65. The molecule has 0 aromatic heterocycles. The highest BCUT2D eigenvalue weighted by molar-refractivity contribution is 7.99. The number of aryl methyl sites for hydroxylation is 1. The maximum absolute atomic E-state index is 13.9. The number of hydrogen-bond acceptors (Lipinski definition) is 2. The van der Waals surface area contributed by atoms with Crippen LogP contribution in [0.5, 0.6) is 0 Å². The van der Waals surface area contributed by atoms with Crippen LogP contribution in [-0.2, 0) is 10.5 Å². The normalized spacial score (nSPS) is 11.8. The lowest BCUT2D eigenvalue weighted by Crippen LogP contribution is -2.30. The molecular formula is C23H21ClFNOS. The average Bonchev–Trinajstić information content (AvgIpc) is 2.69. The van der Waals surface area contributed by atoms with Crippen molar-refractivity contribution in [2.75, 3.05) is 5.75 Å². The van der Waals surface area contributed by atoms with Gasteiger partial charge in [-0.25, -0.2) is 4.39 Å². The highest BCUT2D eigenvalue weighted by Crippen LogP contribution is 2.23. The van der Waals surface area contributed by atoms with Crippen molar-refractivity contribution in [1.82, 2.24) is 5.32 Å². The molecule has 3 aromatic rings. The lowest BCUT2D eigenvalue weighted by atomic mass is 9.98. The van der Waals surface area contributed by atoms with Crippen LogP contribution >= 0.6 is 23.4 Å². The van der Waals surface area contributed by atoms with Crippen molar-refractivity contribution in [2.45, 2.75) is 18.7 Å². The van der Waals surface area contributed by atoms with E-state index >= 15 is 0 Å². The van der Waals surface area contributed by atoms with Gasteiger partial charge in [-0.1, -0.05) is 77.8 Å². The van der Waals surface area contributed by atoms with E-state index in [1.54, 1.807) is 12.1 Å². The van der Waals surface area contributed by atoms with Crippen molar-refractivity contribution in [3.05, 3.63) is 106 Å². The van der Waals surface area contributed by atoms with Crippen LogP contribution in [0.3, 0.4) is 0 Å². The van der Waals surface area contributed by atoms with Gasteiger partial charge >= 0.3 is 0 Å². The predicted octanol–water partition coefficient (Wildman–Crippen LogP) is 5.93. The van der Waals surface area contributed by atoms with Gasteiger partial charge in [0, 0.05) is 10.8 Å². The molecule has 3 rings (SSSR count). The molecule has 0 fully saturated rings. The van der Waals surface area contributed by atoms with Gasteiger partial charge < -0.3 is 5.32 Å². The lowest BCUT2D eigenvalue weighted by Gasteiger charge is -2.20. The molecule has 0 heterocycles. The topological polar surface area (TPSA) is 29.1 Å². The van der Waals surface area contributed by atoms with Crippen LogP contribution in [-0.4, -0.2) is 11.7 Å². The molecule has 144 valence electrons. The Hall–Kier alpha value is -2.30. The van der Waals surface area contributed by atoms with E-state index in [1.807, 2.05) is 61.5 Å².